The predicted molar refractivity (Wildman–Crippen MR) is 104 cm³/mol. The van der Waals surface area contributed by atoms with Crippen molar-refractivity contribution in [3.63, 3.8) is 0 Å². The summed E-state index contributed by atoms with van der Waals surface area (Å²) in [5, 5.41) is 2.65. The Morgan fingerprint density at radius 3 is 2.87 bits per heavy atom. The number of hydrogen-bond acceptors (Lipinski definition) is 8. The van der Waals surface area contributed by atoms with E-state index in [0.29, 0.717) is 42.5 Å². The van der Waals surface area contributed by atoms with E-state index in [-0.39, 0.29) is 31.1 Å². The molecule has 0 radical (unpaired) electrons. The molecule has 158 valence electrons. The van der Waals surface area contributed by atoms with Crippen LogP contribution >= 0.6 is 0 Å². The lowest BCUT2D eigenvalue weighted by atomic mass is 10.2. The highest BCUT2D eigenvalue weighted by atomic mass is 16.7. The molecule has 0 saturated carbocycles. The normalized spacial score (nSPS) is 17.7. The van der Waals surface area contributed by atoms with E-state index >= 15 is 0 Å². The maximum atomic E-state index is 12.3. The van der Waals surface area contributed by atoms with Crippen LogP contribution in [0.2, 0.25) is 0 Å². The summed E-state index contributed by atoms with van der Waals surface area (Å²) in [6, 6.07) is 5.94. The number of benzene rings is 1. The molecule has 4 rings (SSSR count). The van der Waals surface area contributed by atoms with Crippen molar-refractivity contribution in [2.75, 3.05) is 25.3 Å². The van der Waals surface area contributed by atoms with E-state index in [0.717, 1.165) is 6.42 Å². The fourth-order valence-electron chi connectivity index (χ4n) is 3.48. The summed E-state index contributed by atoms with van der Waals surface area (Å²) >= 11 is 0. The molecule has 1 saturated heterocycles. The van der Waals surface area contributed by atoms with Gasteiger partial charge in [-0.15, -0.1) is 0 Å². The number of carbonyl (C=O) groups is 2. The Hall–Kier alpha value is -3.53. The largest absolute Gasteiger partial charge is 0.477 e. The van der Waals surface area contributed by atoms with Gasteiger partial charge in [0.1, 0.15) is 12.0 Å². The first-order valence-electron chi connectivity index (χ1n) is 9.47. The lowest BCUT2D eigenvalue weighted by molar-refractivity contribution is -0.122. The smallest absolute Gasteiger partial charge is 0.262 e. The van der Waals surface area contributed by atoms with Crippen molar-refractivity contribution in [1.29, 1.82) is 0 Å². The van der Waals surface area contributed by atoms with Crippen LogP contribution in [0.4, 0.5) is 5.69 Å². The standard InChI is InChI=1S/C20H21N3O7/c21-20(26)14-2-1-5-23(14)8-13-7-15(24)18(9-27-13)28-10-19(25)22-12-3-4-16-17(6-12)30-11-29-16/h3-4,6-7,9,14H,1-2,5,8,10-11H2,(H2,21,26)(H,22,25)/t14-/m0/s1. The van der Waals surface area contributed by atoms with E-state index in [1.807, 2.05) is 4.90 Å². The van der Waals surface area contributed by atoms with Crippen molar-refractivity contribution in [2.24, 2.45) is 5.73 Å². The van der Waals surface area contributed by atoms with Crippen LogP contribution in [0.5, 0.6) is 17.2 Å². The molecule has 2 aliphatic rings. The van der Waals surface area contributed by atoms with E-state index in [2.05, 4.69) is 5.32 Å². The van der Waals surface area contributed by atoms with E-state index in [4.69, 9.17) is 24.4 Å². The minimum absolute atomic E-state index is 0.0764. The van der Waals surface area contributed by atoms with Crippen molar-refractivity contribution in [1.82, 2.24) is 4.90 Å². The second-order valence-electron chi connectivity index (χ2n) is 7.01. The fraction of sp³-hybridized carbons (Fsp3) is 0.350. The number of nitrogens with one attached hydrogen (secondary N) is 1. The average Bonchev–Trinajstić information content (AvgIpc) is 3.36. The van der Waals surface area contributed by atoms with Crippen molar-refractivity contribution in [2.45, 2.75) is 25.4 Å². The Morgan fingerprint density at radius 1 is 1.23 bits per heavy atom. The number of ether oxygens (including phenoxy) is 3. The summed E-state index contributed by atoms with van der Waals surface area (Å²) in [6.07, 6.45) is 2.72. The highest BCUT2D eigenvalue weighted by molar-refractivity contribution is 5.92. The molecule has 10 nitrogen and oxygen atoms in total. The number of anilines is 1. The first-order chi connectivity index (χ1) is 14.5. The molecule has 3 heterocycles. The van der Waals surface area contributed by atoms with Gasteiger partial charge < -0.3 is 29.7 Å². The number of hydrogen-bond donors (Lipinski definition) is 2. The number of nitrogens with two attached hydrogens (primary N) is 1. The molecule has 0 spiro atoms. The molecule has 2 aliphatic heterocycles. The van der Waals surface area contributed by atoms with E-state index < -0.39 is 11.3 Å². The fourth-order valence-corrected chi connectivity index (χ4v) is 3.48. The molecule has 2 aromatic rings. The summed E-state index contributed by atoms with van der Waals surface area (Å²) < 4.78 is 21.2. The van der Waals surface area contributed by atoms with E-state index in [1.54, 1.807) is 18.2 Å². The molecule has 1 atom stereocenters. The minimum atomic E-state index is -0.446. The Bertz CT molecular complexity index is 1020. The van der Waals surface area contributed by atoms with Crippen LogP contribution in [0.15, 0.2) is 39.7 Å². The molecule has 0 aliphatic carbocycles. The van der Waals surface area contributed by atoms with Crippen molar-refractivity contribution < 1.29 is 28.2 Å². The highest BCUT2D eigenvalue weighted by Crippen LogP contribution is 2.34. The molecule has 1 fully saturated rings. The van der Waals surface area contributed by atoms with Gasteiger partial charge in [0.2, 0.25) is 23.9 Å². The third-order valence-corrected chi connectivity index (χ3v) is 4.92. The lowest BCUT2D eigenvalue weighted by Gasteiger charge is -2.20. The average molecular weight is 415 g/mol. The van der Waals surface area contributed by atoms with Gasteiger partial charge in [-0.25, -0.2) is 0 Å². The van der Waals surface area contributed by atoms with Crippen molar-refractivity contribution in [3.8, 4) is 17.2 Å². The van der Waals surface area contributed by atoms with Gasteiger partial charge in [0.15, 0.2) is 18.1 Å². The van der Waals surface area contributed by atoms with Gasteiger partial charge in [-0.1, -0.05) is 0 Å². The second kappa shape index (κ2) is 8.46. The van der Waals surface area contributed by atoms with E-state index in [1.165, 1.54) is 12.3 Å². The zero-order chi connectivity index (χ0) is 21.1. The number of likely N-dealkylation sites (tertiary alicyclic amines) is 1. The van der Waals surface area contributed by atoms with Gasteiger partial charge in [-0.3, -0.25) is 19.3 Å². The first kappa shape index (κ1) is 19.8. The number of primary amides is 1. The Kier molecular flexibility index (Phi) is 5.57. The maximum absolute atomic E-state index is 12.3. The molecular weight excluding hydrogens is 394 g/mol. The van der Waals surface area contributed by atoms with E-state index in [9.17, 15) is 14.4 Å². The van der Waals surface area contributed by atoms with Gasteiger partial charge >= 0.3 is 0 Å². The quantitative estimate of drug-likeness (QED) is 0.680. The lowest BCUT2D eigenvalue weighted by Crippen LogP contribution is -2.39. The summed E-state index contributed by atoms with van der Waals surface area (Å²) in [5.74, 6) is 0.638. The van der Waals surface area contributed by atoms with Gasteiger partial charge in [-0.2, -0.15) is 0 Å². The topological polar surface area (TPSA) is 133 Å². The number of amides is 2. The third kappa shape index (κ3) is 4.38. The van der Waals surface area contributed by atoms with Gasteiger partial charge in [-0.05, 0) is 31.5 Å². The van der Waals surface area contributed by atoms with Crippen LogP contribution in [0.25, 0.3) is 0 Å². The molecule has 0 unspecified atom stereocenters. The summed E-state index contributed by atoms with van der Waals surface area (Å²) in [5.41, 5.74) is 5.51. The third-order valence-electron chi connectivity index (χ3n) is 4.92. The van der Waals surface area contributed by atoms with Gasteiger partial charge in [0.05, 0.1) is 12.6 Å². The number of rotatable bonds is 7. The minimum Gasteiger partial charge on any atom is -0.477 e. The number of carbonyl (C=O) groups excluding carboxylic acids is 2. The highest BCUT2D eigenvalue weighted by Gasteiger charge is 2.29. The zero-order valence-electron chi connectivity index (χ0n) is 16.1. The van der Waals surface area contributed by atoms with Crippen LogP contribution < -0.4 is 30.7 Å². The van der Waals surface area contributed by atoms with Crippen LogP contribution in [0.3, 0.4) is 0 Å². The van der Waals surface area contributed by atoms with Gasteiger partial charge in [0.25, 0.3) is 5.91 Å². The monoisotopic (exact) mass is 415 g/mol. The van der Waals surface area contributed by atoms with Crippen molar-refractivity contribution in [3.05, 3.63) is 46.5 Å². The van der Waals surface area contributed by atoms with Crippen molar-refractivity contribution >= 4 is 17.5 Å². The molecule has 1 aromatic carbocycles. The summed E-state index contributed by atoms with van der Waals surface area (Å²) in [7, 11) is 0. The van der Waals surface area contributed by atoms with Crippen LogP contribution in [0, 0.1) is 0 Å². The Morgan fingerprint density at radius 2 is 2.07 bits per heavy atom. The molecule has 10 heteroatoms. The molecular formula is C20H21N3O7. The maximum Gasteiger partial charge on any atom is 0.262 e. The molecule has 1 aromatic heterocycles. The first-order valence-corrected chi connectivity index (χ1v) is 9.47. The predicted octanol–water partition coefficient (Wildman–Crippen LogP) is 0.836. The molecule has 0 bridgehead atoms. The number of nitrogens with zero attached hydrogens (tertiary/aromatic N) is 1. The number of fused-ring (bicyclic) bond motifs is 1. The zero-order valence-corrected chi connectivity index (χ0v) is 16.1. The Balaban J connectivity index is 1.32. The molecule has 2 amide bonds. The molecule has 30 heavy (non-hydrogen) atoms. The van der Waals surface area contributed by atoms with Crippen LogP contribution in [0.1, 0.15) is 18.6 Å². The molecule has 3 N–H and O–H groups in total. The second-order valence-corrected chi connectivity index (χ2v) is 7.01. The Labute approximate surface area is 171 Å². The summed E-state index contributed by atoms with van der Waals surface area (Å²) in [6.45, 7) is 0.778. The SMILES string of the molecule is NC(=O)[C@@H]1CCCN1Cc1cc(=O)c(OCC(=O)Nc2ccc3c(c2)OCO3)co1. The van der Waals surface area contributed by atoms with Gasteiger partial charge in [0, 0.05) is 17.8 Å². The van der Waals surface area contributed by atoms with Crippen LogP contribution in [-0.2, 0) is 16.1 Å². The van der Waals surface area contributed by atoms with Crippen LogP contribution in [-0.4, -0.2) is 42.7 Å². The summed E-state index contributed by atoms with van der Waals surface area (Å²) in [4.78, 5) is 37.7.